The summed E-state index contributed by atoms with van der Waals surface area (Å²) in [6.45, 7) is 2.30. The third-order valence-electron chi connectivity index (χ3n) is 3.19. The Labute approximate surface area is 121 Å². The second kappa shape index (κ2) is 5.70. The number of aryl methyl sites for hydroxylation is 1. The maximum Gasteiger partial charge on any atom is 0.143 e. The van der Waals surface area contributed by atoms with Crippen LogP contribution in [0.2, 0.25) is 0 Å². The molecule has 0 aliphatic rings. The van der Waals surface area contributed by atoms with Crippen LogP contribution in [0.15, 0.2) is 48.8 Å². The number of nitrogens with one attached hydrogen (secondary N) is 1. The van der Waals surface area contributed by atoms with Crippen LogP contribution in [-0.4, -0.2) is 20.2 Å². The molecule has 3 rings (SSSR count). The maximum absolute atomic E-state index is 13.5. The lowest BCUT2D eigenvalue weighted by Gasteiger charge is -2.09. The van der Waals surface area contributed by atoms with Gasteiger partial charge in [0.2, 0.25) is 0 Å². The first kappa shape index (κ1) is 13.2. The van der Waals surface area contributed by atoms with Gasteiger partial charge in [0.25, 0.3) is 0 Å². The molecule has 5 nitrogen and oxygen atoms in total. The van der Waals surface area contributed by atoms with Crippen molar-refractivity contribution < 1.29 is 4.39 Å². The second-order valence-electron chi connectivity index (χ2n) is 4.74. The molecule has 1 N–H and O–H groups in total. The number of hydrogen-bond acceptors (Lipinski definition) is 4. The number of rotatable bonds is 4. The van der Waals surface area contributed by atoms with Crippen LogP contribution in [0.1, 0.15) is 11.1 Å². The van der Waals surface area contributed by atoms with Crippen molar-refractivity contribution in [3.05, 3.63) is 65.7 Å². The predicted molar refractivity (Wildman–Crippen MR) is 77.6 cm³/mol. The molecule has 106 valence electrons. The van der Waals surface area contributed by atoms with Crippen molar-refractivity contribution in [2.45, 2.75) is 13.5 Å². The van der Waals surface area contributed by atoms with Gasteiger partial charge in [-0.15, -0.1) is 5.10 Å². The molecule has 0 radical (unpaired) electrons. The van der Waals surface area contributed by atoms with Gasteiger partial charge >= 0.3 is 0 Å². The quantitative estimate of drug-likeness (QED) is 0.800. The van der Waals surface area contributed by atoms with Crippen molar-refractivity contribution in [2.24, 2.45) is 0 Å². The summed E-state index contributed by atoms with van der Waals surface area (Å²) in [6, 6.07) is 12.9. The van der Waals surface area contributed by atoms with Crippen molar-refractivity contribution in [3.63, 3.8) is 0 Å². The molecule has 3 aromatic rings. The smallest absolute Gasteiger partial charge is 0.143 e. The molecule has 0 atom stereocenters. The summed E-state index contributed by atoms with van der Waals surface area (Å²) in [6.07, 6.45) is 1.54. The highest BCUT2D eigenvalue weighted by Crippen LogP contribution is 2.15. The average Bonchev–Trinajstić information content (AvgIpc) is 3.03. The van der Waals surface area contributed by atoms with Crippen molar-refractivity contribution in [3.8, 4) is 5.69 Å². The van der Waals surface area contributed by atoms with Gasteiger partial charge < -0.3 is 5.32 Å². The number of benzene rings is 2. The van der Waals surface area contributed by atoms with Crippen LogP contribution in [0.5, 0.6) is 0 Å². The van der Waals surface area contributed by atoms with Crippen molar-refractivity contribution in [1.82, 2.24) is 20.2 Å². The van der Waals surface area contributed by atoms with Gasteiger partial charge in [0.15, 0.2) is 0 Å². The van der Waals surface area contributed by atoms with Gasteiger partial charge in [-0.2, -0.15) is 0 Å². The van der Waals surface area contributed by atoms with Crippen LogP contribution >= 0.6 is 0 Å². The summed E-state index contributed by atoms with van der Waals surface area (Å²) >= 11 is 0. The summed E-state index contributed by atoms with van der Waals surface area (Å²) in [4.78, 5) is 0. The Bertz CT molecular complexity index is 740. The van der Waals surface area contributed by atoms with E-state index in [1.165, 1.54) is 6.33 Å². The zero-order valence-electron chi connectivity index (χ0n) is 11.5. The van der Waals surface area contributed by atoms with E-state index in [4.69, 9.17) is 0 Å². The molecular weight excluding hydrogens is 269 g/mol. The van der Waals surface area contributed by atoms with E-state index in [1.54, 1.807) is 23.7 Å². The predicted octanol–water partition coefficient (Wildman–Crippen LogP) is 2.72. The molecule has 0 bridgehead atoms. The molecule has 0 saturated heterocycles. The van der Waals surface area contributed by atoms with Crippen molar-refractivity contribution in [2.75, 3.05) is 5.32 Å². The summed E-state index contributed by atoms with van der Waals surface area (Å²) in [5, 5.41) is 14.3. The highest BCUT2D eigenvalue weighted by atomic mass is 19.1. The Morgan fingerprint density at radius 1 is 1.19 bits per heavy atom. The third kappa shape index (κ3) is 3.05. The standard InChI is InChI=1S/C15H14FN5/c1-11-5-6-12(7-15(11)16)9-17-13-3-2-4-14(8-13)21-10-18-19-20-21/h2-8,10,17H,9H2,1H3. The fraction of sp³-hybridized carbons (Fsp3) is 0.133. The molecule has 1 heterocycles. The Kier molecular flexibility index (Phi) is 3.59. The minimum Gasteiger partial charge on any atom is -0.381 e. The van der Waals surface area contributed by atoms with E-state index < -0.39 is 0 Å². The van der Waals surface area contributed by atoms with Crippen LogP contribution < -0.4 is 5.32 Å². The summed E-state index contributed by atoms with van der Waals surface area (Å²) in [7, 11) is 0. The summed E-state index contributed by atoms with van der Waals surface area (Å²) in [5.74, 6) is -0.184. The monoisotopic (exact) mass is 283 g/mol. The molecule has 0 aliphatic carbocycles. The Morgan fingerprint density at radius 3 is 2.86 bits per heavy atom. The first-order chi connectivity index (χ1) is 10.2. The molecule has 0 amide bonds. The Balaban J connectivity index is 1.73. The number of aromatic nitrogens is 4. The first-order valence-electron chi connectivity index (χ1n) is 6.55. The number of nitrogens with zero attached hydrogens (tertiary/aromatic N) is 4. The largest absolute Gasteiger partial charge is 0.381 e. The second-order valence-corrected chi connectivity index (χ2v) is 4.74. The average molecular weight is 283 g/mol. The number of hydrogen-bond donors (Lipinski definition) is 1. The minimum atomic E-state index is -0.184. The maximum atomic E-state index is 13.5. The SMILES string of the molecule is Cc1ccc(CNc2cccc(-n3cnnn3)c2)cc1F. The third-order valence-corrected chi connectivity index (χ3v) is 3.19. The van der Waals surface area contributed by atoms with E-state index in [-0.39, 0.29) is 5.82 Å². The van der Waals surface area contributed by atoms with Crippen LogP contribution in [0.25, 0.3) is 5.69 Å². The molecule has 6 heteroatoms. The van der Waals surface area contributed by atoms with Crippen LogP contribution in [0.4, 0.5) is 10.1 Å². The van der Waals surface area contributed by atoms with Gasteiger partial charge in [0.1, 0.15) is 12.1 Å². The lowest BCUT2D eigenvalue weighted by Crippen LogP contribution is -2.02. The highest BCUT2D eigenvalue weighted by Gasteiger charge is 2.02. The van der Waals surface area contributed by atoms with Gasteiger partial charge in [-0.05, 0) is 52.7 Å². The van der Waals surface area contributed by atoms with Crippen molar-refractivity contribution in [1.29, 1.82) is 0 Å². The van der Waals surface area contributed by atoms with Crippen molar-refractivity contribution >= 4 is 5.69 Å². The fourth-order valence-electron chi connectivity index (χ4n) is 1.99. The molecular formula is C15H14FN5. The van der Waals surface area contributed by atoms with E-state index in [2.05, 4.69) is 20.8 Å². The zero-order chi connectivity index (χ0) is 14.7. The van der Waals surface area contributed by atoms with E-state index in [0.717, 1.165) is 16.9 Å². The highest BCUT2D eigenvalue weighted by molar-refractivity contribution is 5.51. The van der Waals surface area contributed by atoms with Crippen LogP contribution in [-0.2, 0) is 6.54 Å². The lowest BCUT2D eigenvalue weighted by molar-refractivity contribution is 0.616. The van der Waals surface area contributed by atoms with Gasteiger partial charge in [-0.25, -0.2) is 9.07 Å². The van der Waals surface area contributed by atoms with Gasteiger partial charge in [0.05, 0.1) is 5.69 Å². The summed E-state index contributed by atoms with van der Waals surface area (Å²) in [5.41, 5.74) is 3.33. The molecule has 2 aromatic carbocycles. The minimum absolute atomic E-state index is 0.184. The normalized spacial score (nSPS) is 10.6. The molecule has 0 fully saturated rings. The number of halogens is 1. The molecule has 0 unspecified atom stereocenters. The molecule has 1 aromatic heterocycles. The topological polar surface area (TPSA) is 55.6 Å². The fourth-order valence-corrected chi connectivity index (χ4v) is 1.99. The molecule has 0 spiro atoms. The lowest BCUT2D eigenvalue weighted by atomic mass is 10.1. The number of anilines is 1. The molecule has 0 saturated carbocycles. The van der Waals surface area contributed by atoms with E-state index >= 15 is 0 Å². The van der Waals surface area contributed by atoms with Gasteiger partial charge in [0, 0.05) is 12.2 Å². The first-order valence-corrected chi connectivity index (χ1v) is 6.55. The number of tetrazole rings is 1. The van der Waals surface area contributed by atoms with Crippen LogP contribution in [0.3, 0.4) is 0 Å². The summed E-state index contributed by atoms with van der Waals surface area (Å²) < 4.78 is 15.1. The van der Waals surface area contributed by atoms with Gasteiger partial charge in [-0.1, -0.05) is 18.2 Å². The molecule has 0 aliphatic heterocycles. The molecule has 21 heavy (non-hydrogen) atoms. The van der Waals surface area contributed by atoms with E-state index in [0.29, 0.717) is 12.1 Å². The van der Waals surface area contributed by atoms with Gasteiger partial charge in [-0.3, -0.25) is 0 Å². The van der Waals surface area contributed by atoms with Crippen LogP contribution in [0, 0.1) is 12.7 Å². The Morgan fingerprint density at radius 2 is 2.10 bits per heavy atom. The Hall–Kier alpha value is -2.76. The zero-order valence-corrected chi connectivity index (χ0v) is 11.5. The van der Waals surface area contributed by atoms with E-state index in [1.807, 2.05) is 30.3 Å². The van der Waals surface area contributed by atoms with E-state index in [9.17, 15) is 4.39 Å².